The van der Waals surface area contributed by atoms with Crippen molar-refractivity contribution < 1.29 is 14.6 Å². The van der Waals surface area contributed by atoms with Crippen molar-refractivity contribution in [2.45, 2.75) is 18.8 Å². The second-order valence-electron chi connectivity index (χ2n) is 5.61. The smallest absolute Gasteiger partial charge is 0.410 e. The summed E-state index contributed by atoms with van der Waals surface area (Å²) in [6.07, 6.45) is 2.57. The minimum Gasteiger partial charge on any atom is -0.445 e. The molecule has 1 aromatic rings. The number of likely N-dealkylation sites (tertiary alicyclic amines) is 1. The SMILES string of the molecule is C=CCN(CC=C)[C@H]1CN(C(=O)OCc2ccccc2)C[C@@H]1O. The van der Waals surface area contributed by atoms with Gasteiger partial charge in [-0.3, -0.25) is 4.90 Å². The van der Waals surface area contributed by atoms with Crippen molar-refractivity contribution in [1.29, 1.82) is 0 Å². The predicted molar refractivity (Wildman–Crippen MR) is 90.0 cm³/mol. The molecule has 1 aromatic carbocycles. The van der Waals surface area contributed by atoms with Crippen LogP contribution in [-0.4, -0.2) is 59.3 Å². The van der Waals surface area contributed by atoms with Gasteiger partial charge in [0.15, 0.2) is 0 Å². The van der Waals surface area contributed by atoms with E-state index in [-0.39, 0.29) is 19.2 Å². The van der Waals surface area contributed by atoms with E-state index in [1.165, 1.54) is 0 Å². The predicted octanol–water partition coefficient (Wildman–Crippen LogP) is 2.04. The van der Waals surface area contributed by atoms with Gasteiger partial charge in [0.25, 0.3) is 0 Å². The van der Waals surface area contributed by atoms with Crippen molar-refractivity contribution in [2.24, 2.45) is 0 Å². The molecule has 1 saturated heterocycles. The Balaban J connectivity index is 1.90. The number of aliphatic hydroxyl groups is 1. The van der Waals surface area contributed by atoms with Crippen molar-refractivity contribution in [3.8, 4) is 0 Å². The Bertz CT molecular complexity index is 522. The van der Waals surface area contributed by atoms with Gasteiger partial charge in [-0.15, -0.1) is 13.2 Å². The summed E-state index contributed by atoms with van der Waals surface area (Å²) < 4.78 is 5.33. The fraction of sp³-hybridized carbons (Fsp3) is 0.389. The fourth-order valence-corrected chi connectivity index (χ4v) is 2.76. The fourth-order valence-electron chi connectivity index (χ4n) is 2.76. The van der Waals surface area contributed by atoms with Crippen molar-refractivity contribution in [2.75, 3.05) is 26.2 Å². The quantitative estimate of drug-likeness (QED) is 0.782. The molecule has 0 bridgehead atoms. The molecule has 1 N–H and O–H groups in total. The summed E-state index contributed by atoms with van der Waals surface area (Å²) in [6, 6.07) is 9.41. The molecule has 1 amide bonds. The number of ether oxygens (including phenoxy) is 1. The van der Waals surface area contributed by atoms with Crippen LogP contribution in [0.15, 0.2) is 55.6 Å². The van der Waals surface area contributed by atoms with Gasteiger partial charge in [-0.1, -0.05) is 42.5 Å². The number of rotatable bonds is 7. The third kappa shape index (κ3) is 4.68. The lowest BCUT2D eigenvalue weighted by Gasteiger charge is -2.28. The van der Waals surface area contributed by atoms with Gasteiger partial charge in [-0.2, -0.15) is 0 Å². The summed E-state index contributed by atoms with van der Waals surface area (Å²) in [4.78, 5) is 15.8. The van der Waals surface area contributed by atoms with E-state index >= 15 is 0 Å². The van der Waals surface area contributed by atoms with Gasteiger partial charge in [-0.25, -0.2) is 4.79 Å². The van der Waals surface area contributed by atoms with Crippen LogP contribution in [0.1, 0.15) is 5.56 Å². The van der Waals surface area contributed by atoms with E-state index < -0.39 is 12.2 Å². The van der Waals surface area contributed by atoms with Crippen LogP contribution in [0.2, 0.25) is 0 Å². The molecule has 2 rings (SSSR count). The maximum atomic E-state index is 12.2. The van der Waals surface area contributed by atoms with Gasteiger partial charge in [0.1, 0.15) is 6.61 Å². The standard InChI is InChI=1S/C18H24N2O3/c1-3-10-19(11-4-2)16-12-20(13-17(16)21)18(22)23-14-15-8-6-5-7-9-15/h3-9,16-17,21H,1-2,10-14H2/t16-,17-/m0/s1. The van der Waals surface area contributed by atoms with E-state index in [1.807, 2.05) is 30.3 Å². The Labute approximate surface area is 137 Å². The summed E-state index contributed by atoms with van der Waals surface area (Å²) in [5.74, 6) is 0. The zero-order chi connectivity index (χ0) is 16.7. The summed E-state index contributed by atoms with van der Waals surface area (Å²) in [5.41, 5.74) is 0.942. The van der Waals surface area contributed by atoms with Gasteiger partial charge in [0.2, 0.25) is 0 Å². The molecule has 2 atom stereocenters. The normalized spacial score (nSPS) is 20.5. The minimum atomic E-state index is -0.598. The van der Waals surface area contributed by atoms with E-state index in [4.69, 9.17) is 4.74 Å². The average molecular weight is 316 g/mol. The Morgan fingerprint density at radius 2 is 1.91 bits per heavy atom. The molecule has 1 fully saturated rings. The zero-order valence-electron chi connectivity index (χ0n) is 13.3. The van der Waals surface area contributed by atoms with Gasteiger partial charge < -0.3 is 14.7 Å². The zero-order valence-corrected chi connectivity index (χ0v) is 13.3. The number of hydrogen-bond donors (Lipinski definition) is 1. The van der Waals surface area contributed by atoms with Crippen molar-refractivity contribution in [1.82, 2.24) is 9.80 Å². The first-order valence-electron chi connectivity index (χ1n) is 7.75. The molecule has 5 nitrogen and oxygen atoms in total. The van der Waals surface area contributed by atoms with Crippen LogP contribution in [0.5, 0.6) is 0 Å². The molecule has 5 heteroatoms. The highest BCUT2D eigenvalue weighted by molar-refractivity contribution is 5.68. The molecule has 0 aromatic heterocycles. The first-order chi connectivity index (χ1) is 11.2. The number of carbonyl (C=O) groups is 1. The van der Waals surface area contributed by atoms with E-state index in [2.05, 4.69) is 18.1 Å². The number of hydrogen-bond acceptors (Lipinski definition) is 4. The molecular formula is C18H24N2O3. The maximum Gasteiger partial charge on any atom is 0.410 e. The minimum absolute atomic E-state index is 0.129. The summed E-state index contributed by atoms with van der Waals surface area (Å²) in [5, 5.41) is 10.3. The van der Waals surface area contributed by atoms with Gasteiger partial charge in [-0.05, 0) is 5.56 Å². The topological polar surface area (TPSA) is 53.0 Å². The van der Waals surface area contributed by atoms with Gasteiger partial charge in [0, 0.05) is 19.6 Å². The molecular weight excluding hydrogens is 292 g/mol. The monoisotopic (exact) mass is 316 g/mol. The van der Waals surface area contributed by atoms with Crippen molar-refractivity contribution >= 4 is 6.09 Å². The third-order valence-electron chi connectivity index (χ3n) is 3.92. The largest absolute Gasteiger partial charge is 0.445 e. The van der Waals surface area contributed by atoms with Crippen molar-refractivity contribution in [3.05, 3.63) is 61.2 Å². The van der Waals surface area contributed by atoms with Crippen LogP contribution in [-0.2, 0) is 11.3 Å². The van der Waals surface area contributed by atoms with E-state index in [9.17, 15) is 9.90 Å². The van der Waals surface area contributed by atoms with E-state index in [0.29, 0.717) is 19.6 Å². The molecule has 0 spiro atoms. The Hall–Kier alpha value is -2.11. The number of benzene rings is 1. The first-order valence-corrected chi connectivity index (χ1v) is 7.75. The lowest BCUT2D eigenvalue weighted by molar-refractivity contribution is 0.0922. The molecule has 0 aliphatic carbocycles. The molecule has 23 heavy (non-hydrogen) atoms. The molecule has 1 heterocycles. The number of nitrogens with zero attached hydrogens (tertiary/aromatic N) is 2. The molecule has 0 saturated carbocycles. The van der Waals surface area contributed by atoms with Crippen LogP contribution in [0, 0.1) is 0 Å². The molecule has 1 aliphatic rings. The number of aliphatic hydroxyl groups excluding tert-OH is 1. The first kappa shape index (κ1) is 17.2. The highest BCUT2D eigenvalue weighted by Crippen LogP contribution is 2.18. The summed E-state index contributed by atoms with van der Waals surface area (Å²) in [7, 11) is 0. The Morgan fingerprint density at radius 1 is 1.26 bits per heavy atom. The van der Waals surface area contributed by atoms with Gasteiger partial charge in [0.05, 0.1) is 18.7 Å². The molecule has 124 valence electrons. The number of carbonyl (C=O) groups excluding carboxylic acids is 1. The van der Waals surface area contributed by atoms with Crippen LogP contribution in [0.25, 0.3) is 0 Å². The molecule has 0 unspecified atom stereocenters. The van der Waals surface area contributed by atoms with E-state index in [1.54, 1.807) is 17.1 Å². The lowest BCUT2D eigenvalue weighted by atomic mass is 10.2. The summed E-state index contributed by atoms with van der Waals surface area (Å²) >= 11 is 0. The van der Waals surface area contributed by atoms with Crippen molar-refractivity contribution in [3.63, 3.8) is 0 Å². The highest BCUT2D eigenvalue weighted by atomic mass is 16.6. The maximum absolute atomic E-state index is 12.2. The van der Waals surface area contributed by atoms with Crippen LogP contribution in [0.4, 0.5) is 4.79 Å². The second-order valence-corrected chi connectivity index (χ2v) is 5.61. The van der Waals surface area contributed by atoms with Crippen LogP contribution < -0.4 is 0 Å². The Morgan fingerprint density at radius 3 is 2.52 bits per heavy atom. The lowest BCUT2D eigenvalue weighted by Crippen LogP contribution is -2.43. The van der Waals surface area contributed by atoms with Gasteiger partial charge >= 0.3 is 6.09 Å². The third-order valence-corrected chi connectivity index (χ3v) is 3.92. The Kier molecular flexibility index (Phi) is 6.38. The second kappa shape index (κ2) is 8.50. The van der Waals surface area contributed by atoms with Crippen LogP contribution >= 0.6 is 0 Å². The average Bonchev–Trinajstić information content (AvgIpc) is 2.95. The highest BCUT2D eigenvalue weighted by Gasteiger charge is 2.37. The summed E-state index contributed by atoms with van der Waals surface area (Å²) in [6.45, 7) is 9.70. The van der Waals surface area contributed by atoms with Crippen LogP contribution in [0.3, 0.4) is 0 Å². The molecule has 0 radical (unpaired) electrons. The number of β-amino-alcohol motifs (C(OH)–C–C–N with tert-alkyl or cyclic N) is 1. The van der Waals surface area contributed by atoms with E-state index in [0.717, 1.165) is 5.56 Å². The number of amides is 1. The molecule has 1 aliphatic heterocycles.